The second-order valence-corrected chi connectivity index (χ2v) is 12.3. The summed E-state index contributed by atoms with van der Waals surface area (Å²) >= 11 is 0. The molecule has 4 rings (SSSR count). The summed E-state index contributed by atoms with van der Waals surface area (Å²) in [6.07, 6.45) is 1.41. The number of halogens is 1. The number of carboxylic acid groups (broad SMARTS) is 1. The van der Waals surface area contributed by atoms with Gasteiger partial charge in [-0.3, -0.25) is 4.79 Å². The van der Waals surface area contributed by atoms with E-state index in [1.165, 1.54) is 6.07 Å². The van der Waals surface area contributed by atoms with Crippen LogP contribution in [0, 0.1) is 11.2 Å². The summed E-state index contributed by atoms with van der Waals surface area (Å²) in [4.78, 5) is 11.5. The minimum atomic E-state index is -0.808. The number of hydrogen-bond acceptors (Lipinski definition) is 4. The van der Waals surface area contributed by atoms with E-state index in [0.29, 0.717) is 23.7 Å². The quantitative estimate of drug-likeness (QED) is 0.157. The van der Waals surface area contributed by atoms with E-state index in [2.05, 4.69) is 27.7 Å². The van der Waals surface area contributed by atoms with E-state index in [1.807, 2.05) is 72.8 Å². The molecule has 44 heavy (non-hydrogen) atoms. The lowest BCUT2D eigenvalue weighted by atomic mass is 9.81. The normalized spacial score (nSPS) is 12.9. The summed E-state index contributed by atoms with van der Waals surface area (Å²) in [5.74, 6) is 0.0240. The van der Waals surface area contributed by atoms with Crippen molar-refractivity contribution in [2.75, 3.05) is 7.11 Å². The van der Waals surface area contributed by atoms with Crippen LogP contribution in [0.4, 0.5) is 4.39 Å². The largest absolute Gasteiger partial charge is 0.497 e. The van der Waals surface area contributed by atoms with Gasteiger partial charge in [0, 0.05) is 5.56 Å². The first-order chi connectivity index (χ1) is 21.1. The topological polar surface area (TPSA) is 65.0 Å². The van der Waals surface area contributed by atoms with Crippen LogP contribution >= 0.6 is 0 Å². The first-order valence-corrected chi connectivity index (χ1v) is 15.2. The first kappa shape index (κ1) is 32.7. The van der Waals surface area contributed by atoms with E-state index in [0.717, 1.165) is 40.7 Å². The molecule has 232 valence electrons. The molecular weight excluding hydrogens is 555 g/mol. The maximum Gasteiger partial charge on any atom is 0.303 e. The third kappa shape index (κ3) is 8.70. The van der Waals surface area contributed by atoms with Crippen molar-refractivity contribution in [1.82, 2.24) is 0 Å². The molecule has 0 saturated carbocycles. The average molecular weight is 599 g/mol. The zero-order valence-electron chi connectivity index (χ0n) is 26.3. The average Bonchev–Trinajstić information content (AvgIpc) is 3.00. The van der Waals surface area contributed by atoms with Crippen LogP contribution in [0.2, 0.25) is 0 Å². The lowest BCUT2D eigenvalue weighted by molar-refractivity contribution is -0.137. The van der Waals surface area contributed by atoms with Gasteiger partial charge in [0.2, 0.25) is 0 Å². The van der Waals surface area contributed by atoms with Gasteiger partial charge in [0.25, 0.3) is 0 Å². The highest BCUT2D eigenvalue weighted by molar-refractivity contribution is 5.71. The highest BCUT2D eigenvalue weighted by Gasteiger charge is 2.30. The Morgan fingerprint density at radius 1 is 0.841 bits per heavy atom. The van der Waals surface area contributed by atoms with Gasteiger partial charge in [-0.15, -0.1) is 0 Å². The Hall–Kier alpha value is -4.16. The van der Waals surface area contributed by atoms with Crippen LogP contribution in [0.3, 0.4) is 0 Å². The van der Waals surface area contributed by atoms with Crippen molar-refractivity contribution in [3.8, 4) is 22.6 Å². The third-order valence-electron chi connectivity index (χ3n) is 7.70. The first-order valence-electron chi connectivity index (χ1n) is 15.2. The lowest BCUT2D eigenvalue weighted by Gasteiger charge is -2.33. The fourth-order valence-corrected chi connectivity index (χ4v) is 5.53. The van der Waals surface area contributed by atoms with Crippen LogP contribution in [0.15, 0.2) is 91.0 Å². The standard InChI is InChI=1S/C38H43FO5/c1-6-11-28(22-36(40)41)29-14-10-15-31(21-29)43-25-27-16-18-32(33-23-30(42-5)17-19-35(33)39)34(20-27)37(38(2,3)4)44-24-26-12-8-7-9-13-26/h7-10,12-21,23,28,37H,6,11,22,24-25H2,1-5H3,(H,40,41)/t28-,37+/m0/s1. The van der Waals surface area contributed by atoms with Gasteiger partial charge in [-0.2, -0.15) is 0 Å². The van der Waals surface area contributed by atoms with Crippen molar-refractivity contribution in [3.05, 3.63) is 119 Å². The van der Waals surface area contributed by atoms with Crippen molar-refractivity contribution in [2.45, 2.75) is 72.2 Å². The van der Waals surface area contributed by atoms with Crippen molar-refractivity contribution < 1.29 is 28.5 Å². The number of ether oxygens (including phenoxy) is 3. The van der Waals surface area contributed by atoms with E-state index >= 15 is 4.39 Å². The molecule has 0 unspecified atom stereocenters. The van der Waals surface area contributed by atoms with Crippen LogP contribution in [-0.2, 0) is 22.7 Å². The maximum absolute atomic E-state index is 15.3. The molecule has 0 aliphatic heterocycles. The molecule has 0 aliphatic carbocycles. The van der Waals surface area contributed by atoms with Crippen molar-refractivity contribution in [1.29, 1.82) is 0 Å². The molecular formula is C38H43FO5. The van der Waals surface area contributed by atoms with Crippen LogP contribution in [0.25, 0.3) is 11.1 Å². The molecule has 6 heteroatoms. The molecule has 0 radical (unpaired) electrons. The molecule has 1 N–H and O–H groups in total. The fourth-order valence-electron chi connectivity index (χ4n) is 5.53. The molecule has 0 aromatic heterocycles. The van der Waals surface area contributed by atoms with Crippen molar-refractivity contribution >= 4 is 5.97 Å². The second-order valence-electron chi connectivity index (χ2n) is 12.3. The Labute approximate surface area is 260 Å². The Morgan fingerprint density at radius 2 is 1.61 bits per heavy atom. The van der Waals surface area contributed by atoms with Crippen LogP contribution in [-0.4, -0.2) is 18.2 Å². The van der Waals surface area contributed by atoms with Gasteiger partial charge in [-0.1, -0.05) is 88.7 Å². The highest BCUT2D eigenvalue weighted by Crippen LogP contribution is 2.43. The number of carbonyl (C=O) groups is 1. The van der Waals surface area contributed by atoms with E-state index in [1.54, 1.807) is 19.2 Å². The molecule has 4 aromatic carbocycles. The van der Waals surface area contributed by atoms with Gasteiger partial charge in [0.05, 0.1) is 26.2 Å². The van der Waals surface area contributed by atoms with Crippen LogP contribution < -0.4 is 9.47 Å². The summed E-state index contributed by atoms with van der Waals surface area (Å²) in [7, 11) is 1.57. The molecule has 0 aliphatic rings. The van der Waals surface area contributed by atoms with Gasteiger partial charge in [-0.05, 0) is 82.0 Å². The third-order valence-corrected chi connectivity index (χ3v) is 7.70. The number of rotatable bonds is 14. The highest BCUT2D eigenvalue weighted by atomic mass is 19.1. The molecule has 0 amide bonds. The molecule has 0 bridgehead atoms. The fraction of sp³-hybridized carbons (Fsp3) is 0.342. The minimum Gasteiger partial charge on any atom is -0.497 e. The smallest absolute Gasteiger partial charge is 0.303 e. The summed E-state index contributed by atoms with van der Waals surface area (Å²) in [5.41, 5.74) is 4.64. The van der Waals surface area contributed by atoms with Gasteiger partial charge in [0.15, 0.2) is 0 Å². The molecule has 0 spiro atoms. The van der Waals surface area contributed by atoms with E-state index in [-0.39, 0.29) is 36.3 Å². The lowest BCUT2D eigenvalue weighted by Crippen LogP contribution is -2.22. The second kappa shape index (κ2) is 15.0. The van der Waals surface area contributed by atoms with Crippen molar-refractivity contribution in [2.24, 2.45) is 5.41 Å². The number of carboxylic acids is 1. The predicted octanol–water partition coefficient (Wildman–Crippen LogP) is 9.74. The van der Waals surface area contributed by atoms with Crippen molar-refractivity contribution in [3.63, 3.8) is 0 Å². The van der Waals surface area contributed by atoms with Gasteiger partial charge < -0.3 is 19.3 Å². The SMILES string of the molecule is CCC[C@@H](CC(=O)O)c1cccc(OCc2ccc(-c3cc(OC)ccc3F)c([C@@H](OCc3ccccc3)C(C)(C)C)c2)c1. The zero-order valence-corrected chi connectivity index (χ0v) is 26.3. The van der Waals surface area contributed by atoms with Crippen LogP contribution in [0.1, 0.15) is 81.2 Å². The van der Waals surface area contributed by atoms with E-state index in [9.17, 15) is 9.90 Å². The van der Waals surface area contributed by atoms with Gasteiger partial charge in [0.1, 0.15) is 23.9 Å². The Kier molecular flexibility index (Phi) is 11.2. The molecule has 0 saturated heterocycles. The van der Waals surface area contributed by atoms with Crippen LogP contribution in [0.5, 0.6) is 11.5 Å². The summed E-state index contributed by atoms with van der Waals surface area (Å²) in [6, 6.07) is 28.4. The summed E-state index contributed by atoms with van der Waals surface area (Å²) in [5, 5.41) is 9.40. The predicted molar refractivity (Wildman–Crippen MR) is 172 cm³/mol. The molecule has 5 nitrogen and oxygen atoms in total. The van der Waals surface area contributed by atoms with Gasteiger partial charge in [-0.25, -0.2) is 4.39 Å². The molecule has 0 heterocycles. The number of aliphatic carboxylic acids is 1. The monoisotopic (exact) mass is 598 g/mol. The number of hydrogen-bond donors (Lipinski definition) is 1. The number of benzene rings is 4. The number of methoxy groups -OCH3 is 1. The maximum atomic E-state index is 15.3. The van der Waals surface area contributed by atoms with E-state index < -0.39 is 5.97 Å². The van der Waals surface area contributed by atoms with Gasteiger partial charge >= 0.3 is 5.97 Å². The minimum absolute atomic E-state index is 0.0704. The summed E-state index contributed by atoms with van der Waals surface area (Å²) in [6.45, 7) is 9.10. The zero-order chi connectivity index (χ0) is 31.7. The Balaban J connectivity index is 1.69. The Morgan fingerprint density at radius 3 is 2.30 bits per heavy atom. The molecule has 4 aromatic rings. The molecule has 2 atom stereocenters. The van der Waals surface area contributed by atoms with E-state index in [4.69, 9.17) is 14.2 Å². The molecule has 0 fully saturated rings. The Bertz CT molecular complexity index is 1530. The summed E-state index contributed by atoms with van der Waals surface area (Å²) < 4.78 is 33.6.